The van der Waals surface area contributed by atoms with E-state index < -0.39 is 5.97 Å². The number of carbonyl (C=O) groups is 1. The van der Waals surface area contributed by atoms with Gasteiger partial charge in [0.25, 0.3) is 0 Å². The number of halogens is 1. The Balaban J connectivity index is 2.18. The van der Waals surface area contributed by atoms with Crippen LogP contribution in [0.2, 0.25) is 5.02 Å². The zero-order valence-corrected chi connectivity index (χ0v) is 12.0. The van der Waals surface area contributed by atoms with Crippen LogP contribution in [0.4, 0.5) is 0 Å². The number of hydrogen-bond donors (Lipinski definition) is 0. The molecule has 0 aliphatic rings. The van der Waals surface area contributed by atoms with E-state index in [2.05, 4.69) is 4.98 Å². The number of aryl methyl sites for hydroxylation is 1. The van der Waals surface area contributed by atoms with Gasteiger partial charge >= 0.3 is 5.97 Å². The highest BCUT2D eigenvalue weighted by Crippen LogP contribution is 2.16. The minimum Gasteiger partial charge on any atom is -0.461 e. The molecule has 4 nitrogen and oxygen atoms in total. The number of aromatic nitrogens is 1. The van der Waals surface area contributed by atoms with Gasteiger partial charge in [-0.15, -0.1) is 0 Å². The second-order valence-electron chi connectivity index (χ2n) is 4.07. The Labute approximate surface area is 122 Å². The Morgan fingerprint density at radius 3 is 2.95 bits per heavy atom. The third-order valence-corrected chi connectivity index (χ3v) is 2.78. The summed E-state index contributed by atoms with van der Waals surface area (Å²) < 4.78 is 10.3. The first-order valence-corrected chi connectivity index (χ1v) is 6.56. The molecule has 2 aromatic rings. The molecule has 0 spiro atoms. The average Bonchev–Trinajstić information content (AvgIpc) is 2.78. The highest BCUT2D eigenvalue weighted by Gasteiger charge is 2.16. The monoisotopic (exact) mass is 291 g/mol. The Hall–Kier alpha value is -2.07. The minimum atomic E-state index is -0.476. The van der Waals surface area contributed by atoms with Crippen molar-refractivity contribution in [3.8, 4) is 0 Å². The third kappa shape index (κ3) is 3.48. The standard InChI is InChI=1S/C15H14ClNO3/c1-3-19-15(18)14-10(2)20-13(17-14)8-7-11-5-4-6-12(16)9-11/h4-9H,3H2,1-2H3. The smallest absolute Gasteiger partial charge is 0.360 e. The van der Waals surface area contributed by atoms with Crippen molar-refractivity contribution < 1.29 is 13.9 Å². The Morgan fingerprint density at radius 1 is 1.45 bits per heavy atom. The summed E-state index contributed by atoms with van der Waals surface area (Å²) in [7, 11) is 0. The molecule has 20 heavy (non-hydrogen) atoms. The van der Waals surface area contributed by atoms with Crippen molar-refractivity contribution in [1.82, 2.24) is 4.98 Å². The maximum absolute atomic E-state index is 11.6. The highest BCUT2D eigenvalue weighted by molar-refractivity contribution is 6.30. The van der Waals surface area contributed by atoms with E-state index in [-0.39, 0.29) is 5.69 Å². The summed E-state index contributed by atoms with van der Waals surface area (Å²) in [6.45, 7) is 3.72. The predicted molar refractivity (Wildman–Crippen MR) is 77.6 cm³/mol. The molecule has 0 fully saturated rings. The molecule has 5 heteroatoms. The molecule has 0 aliphatic carbocycles. The van der Waals surface area contributed by atoms with Gasteiger partial charge in [-0.2, -0.15) is 0 Å². The second kappa shape index (κ2) is 6.39. The fourth-order valence-electron chi connectivity index (χ4n) is 1.65. The molecule has 0 unspecified atom stereocenters. The summed E-state index contributed by atoms with van der Waals surface area (Å²) in [6, 6.07) is 7.38. The van der Waals surface area contributed by atoms with E-state index in [9.17, 15) is 4.79 Å². The number of carbonyl (C=O) groups excluding carboxylic acids is 1. The summed E-state index contributed by atoms with van der Waals surface area (Å²) in [6.07, 6.45) is 3.49. The molecule has 0 aliphatic heterocycles. The van der Waals surface area contributed by atoms with Crippen molar-refractivity contribution in [2.24, 2.45) is 0 Å². The topological polar surface area (TPSA) is 52.3 Å². The SMILES string of the molecule is CCOC(=O)c1nc(C=Cc2cccc(Cl)c2)oc1C. The zero-order chi connectivity index (χ0) is 14.5. The molecule has 1 heterocycles. The molecular weight excluding hydrogens is 278 g/mol. The van der Waals surface area contributed by atoms with Crippen LogP contribution in [-0.2, 0) is 4.74 Å². The lowest BCUT2D eigenvalue weighted by atomic mass is 10.2. The maximum Gasteiger partial charge on any atom is 0.360 e. The van der Waals surface area contributed by atoms with Crippen LogP contribution in [0.15, 0.2) is 28.7 Å². The Kier molecular flexibility index (Phi) is 4.58. The number of ether oxygens (including phenoxy) is 1. The first-order chi connectivity index (χ1) is 9.60. The van der Waals surface area contributed by atoms with Gasteiger partial charge in [0, 0.05) is 11.1 Å². The van der Waals surface area contributed by atoms with E-state index in [1.54, 1.807) is 26.0 Å². The second-order valence-corrected chi connectivity index (χ2v) is 4.50. The van der Waals surface area contributed by atoms with Crippen molar-refractivity contribution in [2.75, 3.05) is 6.61 Å². The van der Waals surface area contributed by atoms with Crippen LogP contribution >= 0.6 is 11.6 Å². The lowest BCUT2D eigenvalue weighted by Crippen LogP contribution is -2.06. The summed E-state index contributed by atoms with van der Waals surface area (Å²) in [5.41, 5.74) is 1.13. The van der Waals surface area contributed by atoms with Gasteiger partial charge in [0.1, 0.15) is 5.76 Å². The lowest BCUT2D eigenvalue weighted by molar-refractivity contribution is 0.0518. The molecule has 0 N–H and O–H groups in total. The van der Waals surface area contributed by atoms with E-state index in [1.807, 2.05) is 24.3 Å². The molecule has 104 valence electrons. The quantitative estimate of drug-likeness (QED) is 0.799. The van der Waals surface area contributed by atoms with Crippen LogP contribution in [0.5, 0.6) is 0 Å². The molecule has 0 atom stereocenters. The molecule has 0 bridgehead atoms. The van der Waals surface area contributed by atoms with Crippen LogP contribution in [-0.4, -0.2) is 17.6 Å². The van der Waals surface area contributed by atoms with Gasteiger partial charge in [0.2, 0.25) is 5.89 Å². The summed E-state index contributed by atoms with van der Waals surface area (Å²) in [5.74, 6) is 0.316. The van der Waals surface area contributed by atoms with Gasteiger partial charge < -0.3 is 9.15 Å². The lowest BCUT2D eigenvalue weighted by Gasteiger charge is -1.96. The predicted octanol–water partition coefficient (Wildman–Crippen LogP) is 3.98. The fourth-order valence-corrected chi connectivity index (χ4v) is 1.85. The minimum absolute atomic E-state index is 0.206. The molecular formula is C15H14ClNO3. The molecule has 0 amide bonds. The normalized spacial score (nSPS) is 10.9. The third-order valence-electron chi connectivity index (χ3n) is 2.55. The molecule has 1 aromatic heterocycles. The largest absolute Gasteiger partial charge is 0.461 e. The van der Waals surface area contributed by atoms with E-state index in [4.69, 9.17) is 20.8 Å². The van der Waals surface area contributed by atoms with Crippen LogP contribution in [0, 0.1) is 6.92 Å². The molecule has 0 saturated carbocycles. The Bertz CT molecular complexity index is 646. The summed E-state index contributed by atoms with van der Waals surface area (Å²) in [5, 5.41) is 0.656. The number of esters is 1. The zero-order valence-electron chi connectivity index (χ0n) is 11.2. The first kappa shape index (κ1) is 14.3. The van der Waals surface area contributed by atoms with Crippen molar-refractivity contribution in [3.63, 3.8) is 0 Å². The number of hydrogen-bond acceptors (Lipinski definition) is 4. The van der Waals surface area contributed by atoms with E-state index >= 15 is 0 Å². The van der Waals surface area contributed by atoms with Gasteiger partial charge in [0.15, 0.2) is 5.69 Å². The number of benzene rings is 1. The van der Waals surface area contributed by atoms with Crippen LogP contribution < -0.4 is 0 Å². The summed E-state index contributed by atoms with van der Waals surface area (Å²) in [4.78, 5) is 15.7. The number of nitrogens with zero attached hydrogens (tertiary/aromatic N) is 1. The van der Waals surface area contributed by atoms with Crippen molar-refractivity contribution in [3.05, 3.63) is 52.2 Å². The van der Waals surface area contributed by atoms with Crippen LogP contribution in [0.1, 0.15) is 34.6 Å². The fraction of sp³-hybridized carbons (Fsp3) is 0.200. The van der Waals surface area contributed by atoms with Gasteiger partial charge in [0.05, 0.1) is 6.61 Å². The maximum atomic E-state index is 11.6. The first-order valence-electron chi connectivity index (χ1n) is 6.18. The van der Waals surface area contributed by atoms with Crippen molar-refractivity contribution in [1.29, 1.82) is 0 Å². The number of rotatable bonds is 4. The number of oxazole rings is 1. The molecule has 1 aromatic carbocycles. The van der Waals surface area contributed by atoms with Gasteiger partial charge in [-0.25, -0.2) is 9.78 Å². The van der Waals surface area contributed by atoms with E-state index in [0.29, 0.717) is 23.3 Å². The van der Waals surface area contributed by atoms with E-state index in [0.717, 1.165) is 5.56 Å². The summed E-state index contributed by atoms with van der Waals surface area (Å²) >= 11 is 5.90. The Morgan fingerprint density at radius 2 is 2.25 bits per heavy atom. The van der Waals surface area contributed by atoms with E-state index in [1.165, 1.54) is 0 Å². The van der Waals surface area contributed by atoms with Crippen LogP contribution in [0.25, 0.3) is 12.2 Å². The van der Waals surface area contributed by atoms with Gasteiger partial charge in [-0.3, -0.25) is 0 Å². The average molecular weight is 292 g/mol. The molecule has 2 rings (SSSR count). The van der Waals surface area contributed by atoms with Crippen molar-refractivity contribution in [2.45, 2.75) is 13.8 Å². The van der Waals surface area contributed by atoms with Gasteiger partial charge in [-0.1, -0.05) is 23.7 Å². The molecule has 0 saturated heterocycles. The van der Waals surface area contributed by atoms with Crippen molar-refractivity contribution >= 4 is 29.7 Å². The van der Waals surface area contributed by atoms with Crippen LogP contribution in [0.3, 0.4) is 0 Å². The highest BCUT2D eigenvalue weighted by atomic mass is 35.5. The van der Waals surface area contributed by atoms with Gasteiger partial charge in [-0.05, 0) is 37.6 Å². The molecule has 0 radical (unpaired) electrons.